The molecule has 0 aliphatic rings. The van der Waals surface area contributed by atoms with Gasteiger partial charge in [0.1, 0.15) is 12.1 Å². The van der Waals surface area contributed by atoms with E-state index in [4.69, 9.17) is 14.2 Å². The Balaban J connectivity index is 1.46. The quantitative estimate of drug-likeness (QED) is 0.258. The third kappa shape index (κ3) is 5.37. The van der Waals surface area contributed by atoms with Crippen LogP contribution in [0.2, 0.25) is 0 Å². The summed E-state index contributed by atoms with van der Waals surface area (Å²) in [5, 5.41) is 3.10. The van der Waals surface area contributed by atoms with E-state index in [1.54, 1.807) is 31.2 Å². The molecule has 0 saturated heterocycles. The van der Waals surface area contributed by atoms with Gasteiger partial charge >= 0.3 is 6.18 Å². The second-order valence-corrected chi connectivity index (χ2v) is 8.68. The smallest absolute Gasteiger partial charge is 0.416 e. The molecule has 0 bridgehead atoms. The summed E-state index contributed by atoms with van der Waals surface area (Å²) in [6, 6.07) is 11.4. The van der Waals surface area contributed by atoms with Gasteiger partial charge in [0.25, 0.3) is 5.91 Å². The van der Waals surface area contributed by atoms with Gasteiger partial charge < -0.3 is 24.1 Å². The number of methoxy groups -OCH3 is 2. The van der Waals surface area contributed by atoms with E-state index in [0.29, 0.717) is 33.7 Å². The van der Waals surface area contributed by atoms with E-state index in [1.807, 2.05) is 0 Å². The number of alkyl halides is 3. The van der Waals surface area contributed by atoms with Crippen LogP contribution >= 0.6 is 0 Å². The molecular formula is C28H22F3N5O4. The van der Waals surface area contributed by atoms with Crippen molar-refractivity contribution in [3.8, 4) is 28.8 Å². The lowest BCUT2D eigenvalue weighted by Crippen LogP contribution is -2.14. The molecular weight excluding hydrogens is 527 g/mol. The molecule has 40 heavy (non-hydrogen) atoms. The molecule has 0 unspecified atom stereocenters. The summed E-state index contributed by atoms with van der Waals surface area (Å²) in [6.45, 7) is 1.79. The van der Waals surface area contributed by atoms with Gasteiger partial charge in [-0.15, -0.1) is 0 Å². The number of hydrogen-bond acceptors (Lipinski definition) is 7. The number of carbonyl (C=O) groups excluding carboxylic acids is 1. The number of nitrogens with one attached hydrogen (secondary N) is 1. The minimum atomic E-state index is -4.62. The average molecular weight is 550 g/mol. The number of aryl methyl sites for hydroxylation is 1. The predicted octanol–water partition coefficient (Wildman–Crippen LogP) is 6.20. The number of amides is 1. The summed E-state index contributed by atoms with van der Waals surface area (Å²) < 4.78 is 58.9. The second kappa shape index (κ2) is 10.6. The van der Waals surface area contributed by atoms with Gasteiger partial charge in [0, 0.05) is 35.4 Å². The lowest BCUT2D eigenvalue weighted by molar-refractivity contribution is -0.137. The van der Waals surface area contributed by atoms with E-state index in [-0.39, 0.29) is 22.8 Å². The number of imidazole rings is 1. The summed E-state index contributed by atoms with van der Waals surface area (Å²) in [6.07, 6.45) is 1.04. The molecule has 3 aromatic carbocycles. The van der Waals surface area contributed by atoms with Crippen LogP contribution in [0.3, 0.4) is 0 Å². The molecule has 5 aromatic rings. The molecule has 9 nitrogen and oxygen atoms in total. The van der Waals surface area contributed by atoms with Gasteiger partial charge in [-0.05, 0) is 48.9 Å². The van der Waals surface area contributed by atoms with Crippen LogP contribution in [0.4, 0.5) is 18.9 Å². The summed E-state index contributed by atoms with van der Waals surface area (Å²) in [5.74, 6) is 0.857. The number of rotatable bonds is 7. The van der Waals surface area contributed by atoms with Crippen molar-refractivity contribution in [2.45, 2.75) is 13.1 Å². The van der Waals surface area contributed by atoms with Gasteiger partial charge in [0.05, 0.1) is 37.0 Å². The van der Waals surface area contributed by atoms with Crippen LogP contribution < -0.4 is 19.5 Å². The molecule has 2 heterocycles. The Labute approximate surface area is 226 Å². The fraction of sp³-hybridized carbons (Fsp3) is 0.143. The van der Waals surface area contributed by atoms with Crippen LogP contribution in [-0.2, 0) is 6.18 Å². The van der Waals surface area contributed by atoms with Gasteiger partial charge in [0.15, 0.2) is 11.5 Å². The average Bonchev–Trinajstić information content (AvgIpc) is 3.48. The molecule has 0 atom stereocenters. The predicted molar refractivity (Wildman–Crippen MR) is 140 cm³/mol. The van der Waals surface area contributed by atoms with E-state index >= 15 is 0 Å². The van der Waals surface area contributed by atoms with Crippen molar-refractivity contribution in [3.05, 3.63) is 90.3 Å². The van der Waals surface area contributed by atoms with Crippen molar-refractivity contribution in [3.63, 3.8) is 0 Å². The maximum absolute atomic E-state index is 13.6. The highest BCUT2D eigenvalue weighted by Crippen LogP contribution is 2.37. The summed E-state index contributed by atoms with van der Waals surface area (Å²) in [5.41, 5.74) is 0.662. The van der Waals surface area contributed by atoms with Crippen molar-refractivity contribution in [1.29, 1.82) is 0 Å². The number of ether oxygens (including phenoxy) is 3. The number of hydrogen-bond donors (Lipinski definition) is 1. The molecule has 5 rings (SSSR count). The summed E-state index contributed by atoms with van der Waals surface area (Å²) >= 11 is 0. The number of fused-ring (bicyclic) bond motifs is 1. The molecule has 1 N–H and O–H groups in total. The molecule has 0 fully saturated rings. The molecule has 0 aliphatic carbocycles. The lowest BCUT2D eigenvalue weighted by atomic mass is 10.1. The Kier molecular flexibility index (Phi) is 6.99. The van der Waals surface area contributed by atoms with E-state index < -0.39 is 17.6 Å². The monoisotopic (exact) mass is 549 g/mol. The third-order valence-corrected chi connectivity index (χ3v) is 6.07. The van der Waals surface area contributed by atoms with Crippen LogP contribution in [0.25, 0.3) is 16.6 Å². The van der Waals surface area contributed by atoms with Crippen molar-refractivity contribution < 1.29 is 32.2 Å². The van der Waals surface area contributed by atoms with Gasteiger partial charge in [0.2, 0.25) is 5.88 Å². The van der Waals surface area contributed by atoms with Crippen LogP contribution in [0.1, 0.15) is 21.5 Å². The first-order valence-electron chi connectivity index (χ1n) is 11.8. The number of aromatic nitrogens is 4. The molecule has 204 valence electrons. The van der Waals surface area contributed by atoms with Crippen molar-refractivity contribution >= 4 is 22.5 Å². The number of anilines is 1. The first-order chi connectivity index (χ1) is 19.2. The van der Waals surface area contributed by atoms with Crippen LogP contribution in [0.5, 0.6) is 23.1 Å². The van der Waals surface area contributed by atoms with E-state index in [9.17, 15) is 18.0 Å². The van der Waals surface area contributed by atoms with Gasteiger partial charge in [-0.2, -0.15) is 13.2 Å². The number of nitrogens with zero attached hydrogens (tertiary/aromatic N) is 4. The Bertz CT molecular complexity index is 1710. The number of carbonyl (C=O) groups is 1. The molecule has 12 heteroatoms. The second-order valence-electron chi connectivity index (χ2n) is 8.68. The van der Waals surface area contributed by atoms with Crippen LogP contribution in [-0.4, -0.2) is 39.6 Å². The minimum Gasteiger partial charge on any atom is -0.493 e. The molecule has 2 aromatic heterocycles. The zero-order chi connectivity index (χ0) is 28.4. The van der Waals surface area contributed by atoms with Gasteiger partial charge in [-0.25, -0.2) is 15.0 Å². The summed E-state index contributed by atoms with van der Waals surface area (Å²) in [4.78, 5) is 25.5. The highest BCUT2D eigenvalue weighted by atomic mass is 19.4. The normalized spacial score (nSPS) is 11.3. The van der Waals surface area contributed by atoms with Gasteiger partial charge in [-0.1, -0.05) is 6.07 Å². The molecule has 0 spiro atoms. The molecule has 0 aliphatic heterocycles. The highest BCUT2D eigenvalue weighted by Gasteiger charge is 2.31. The number of halogens is 3. The Morgan fingerprint density at radius 1 is 0.950 bits per heavy atom. The van der Waals surface area contributed by atoms with Crippen molar-refractivity contribution in [2.75, 3.05) is 19.5 Å². The number of benzene rings is 3. The summed E-state index contributed by atoms with van der Waals surface area (Å²) in [7, 11) is 3.02. The van der Waals surface area contributed by atoms with Crippen LogP contribution in [0.15, 0.2) is 73.6 Å². The SMILES string of the molecule is COc1cc2ncnc(Oc3cc(C(=O)Nc4cc(-n5ccnc5)cc(C(F)(F)F)c4)ccc3C)c2cc1OC. The van der Waals surface area contributed by atoms with E-state index in [2.05, 4.69) is 20.3 Å². The topological polar surface area (TPSA) is 100 Å². The Morgan fingerprint density at radius 3 is 2.42 bits per heavy atom. The maximum atomic E-state index is 13.6. The van der Waals surface area contributed by atoms with Gasteiger partial charge in [-0.3, -0.25) is 4.79 Å². The lowest BCUT2D eigenvalue weighted by Gasteiger charge is -2.15. The minimum absolute atomic E-state index is 0.0330. The molecule has 0 radical (unpaired) electrons. The zero-order valence-corrected chi connectivity index (χ0v) is 21.5. The zero-order valence-electron chi connectivity index (χ0n) is 21.5. The van der Waals surface area contributed by atoms with Crippen molar-refractivity contribution in [1.82, 2.24) is 19.5 Å². The standard InChI is InChI=1S/C28H22F3N5O4/c1-16-4-5-17(8-23(16)40-27-21-12-24(38-2)25(39-3)13-22(21)33-14-34-27)26(37)35-19-9-18(28(29,30)31)10-20(11-19)36-7-6-32-15-36/h4-15H,1-3H3,(H,35,37). The molecule has 1 amide bonds. The first kappa shape index (κ1) is 26.5. The Hall–Kier alpha value is -5.13. The molecule has 0 saturated carbocycles. The Morgan fingerprint density at radius 2 is 1.73 bits per heavy atom. The highest BCUT2D eigenvalue weighted by molar-refractivity contribution is 6.04. The van der Waals surface area contributed by atoms with E-state index in [0.717, 1.165) is 12.1 Å². The largest absolute Gasteiger partial charge is 0.493 e. The first-order valence-corrected chi connectivity index (χ1v) is 11.8. The van der Waals surface area contributed by atoms with Crippen LogP contribution in [0, 0.1) is 6.92 Å². The van der Waals surface area contributed by atoms with Crippen molar-refractivity contribution in [2.24, 2.45) is 0 Å². The maximum Gasteiger partial charge on any atom is 0.416 e. The van der Waals surface area contributed by atoms with E-state index in [1.165, 1.54) is 56.0 Å². The fourth-order valence-electron chi connectivity index (χ4n) is 4.01. The third-order valence-electron chi connectivity index (χ3n) is 6.07. The fourth-order valence-corrected chi connectivity index (χ4v) is 4.01.